The summed E-state index contributed by atoms with van der Waals surface area (Å²) in [5.74, 6) is -0.795. The van der Waals surface area contributed by atoms with E-state index in [9.17, 15) is 18.8 Å². The summed E-state index contributed by atoms with van der Waals surface area (Å²) in [5, 5.41) is 7.00. The lowest BCUT2D eigenvalue weighted by molar-refractivity contribution is -0.139. The van der Waals surface area contributed by atoms with Crippen molar-refractivity contribution >= 4 is 17.8 Å². The molecule has 0 radical (unpaired) electrons. The van der Waals surface area contributed by atoms with E-state index in [1.54, 1.807) is 10.9 Å². The summed E-state index contributed by atoms with van der Waals surface area (Å²) in [6.07, 6.45) is 4.46. The number of amides is 4. The number of halogens is 1. The second-order valence-corrected chi connectivity index (χ2v) is 9.24. The lowest BCUT2D eigenvalue weighted by Gasteiger charge is -2.24. The lowest BCUT2D eigenvalue weighted by Crippen LogP contribution is -2.45. The fraction of sp³-hybridized carbons (Fsp3) is 0.320. The van der Waals surface area contributed by atoms with Gasteiger partial charge in [0.1, 0.15) is 30.3 Å². The van der Waals surface area contributed by atoms with Crippen LogP contribution in [0.1, 0.15) is 23.2 Å². The fourth-order valence-electron chi connectivity index (χ4n) is 5.17. The lowest BCUT2D eigenvalue weighted by atomic mass is 9.92. The maximum atomic E-state index is 13.7. The van der Waals surface area contributed by atoms with E-state index in [2.05, 4.69) is 10.4 Å². The van der Waals surface area contributed by atoms with Crippen molar-refractivity contribution in [3.8, 4) is 17.0 Å². The largest absolute Gasteiger partial charge is 0.491 e. The van der Waals surface area contributed by atoms with E-state index < -0.39 is 35.7 Å². The Kier molecular flexibility index (Phi) is 5.02. The zero-order valence-corrected chi connectivity index (χ0v) is 19.5. The Morgan fingerprint density at radius 2 is 2.11 bits per heavy atom. The van der Waals surface area contributed by atoms with Crippen molar-refractivity contribution in [3.05, 3.63) is 65.4 Å². The van der Waals surface area contributed by atoms with Gasteiger partial charge >= 0.3 is 6.03 Å². The first-order valence-electron chi connectivity index (χ1n) is 11.7. The number of carbonyl (C=O) groups is 3. The van der Waals surface area contributed by atoms with Crippen LogP contribution in [-0.2, 0) is 35.1 Å². The van der Waals surface area contributed by atoms with Crippen LogP contribution in [0.25, 0.3) is 11.3 Å². The highest BCUT2D eigenvalue weighted by atomic mass is 19.1. The molecule has 0 bridgehead atoms. The molecule has 1 atom stereocenters. The molecule has 184 valence electrons. The number of fused-ring (bicyclic) bond motifs is 3. The molecule has 1 aliphatic carbocycles. The van der Waals surface area contributed by atoms with Crippen molar-refractivity contribution in [3.63, 3.8) is 0 Å². The van der Waals surface area contributed by atoms with Crippen molar-refractivity contribution in [2.45, 2.75) is 24.9 Å². The van der Waals surface area contributed by atoms with Gasteiger partial charge in [0.25, 0.3) is 5.91 Å². The van der Waals surface area contributed by atoms with Crippen molar-refractivity contribution in [1.82, 2.24) is 29.9 Å². The molecule has 3 aromatic rings. The maximum Gasteiger partial charge on any atom is 0.325 e. The molecule has 1 fully saturated rings. The number of aromatic nitrogens is 3. The topological polar surface area (TPSA) is 110 Å². The van der Waals surface area contributed by atoms with Crippen molar-refractivity contribution in [2.24, 2.45) is 7.05 Å². The quantitative estimate of drug-likeness (QED) is 0.560. The van der Waals surface area contributed by atoms with Crippen LogP contribution >= 0.6 is 0 Å². The minimum absolute atomic E-state index is 0.130. The normalized spacial score (nSPS) is 20.7. The molecule has 6 rings (SSSR count). The molecule has 0 saturated carbocycles. The Hall–Kier alpha value is -4.28. The van der Waals surface area contributed by atoms with Gasteiger partial charge in [-0.2, -0.15) is 5.10 Å². The van der Waals surface area contributed by atoms with E-state index in [4.69, 9.17) is 9.72 Å². The summed E-state index contributed by atoms with van der Waals surface area (Å²) in [6.45, 7) is 0.207. The SMILES string of the molecule is Cn1cc(-c2ccc3c(n2)CCC32NC(=O)N(CC(=O)N3CCOc4ccc(F)cc4C3)C2=O)cn1. The number of carbonyl (C=O) groups excluding carboxylic acids is 3. The van der Waals surface area contributed by atoms with Crippen LogP contribution in [0, 0.1) is 5.82 Å². The Morgan fingerprint density at radius 1 is 1.25 bits per heavy atom. The number of rotatable bonds is 3. The number of aryl methyl sites for hydroxylation is 2. The summed E-state index contributed by atoms with van der Waals surface area (Å²) >= 11 is 0. The van der Waals surface area contributed by atoms with Gasteiger partial charge in [-0.25, -0.2) is 9.18 Å². The average molecular weight is 490 g/mol. The van der Waals surface area contributed by atoms with Crippen molar-refractivity contribution in [2.75, 3.05) is 19.7 Å². The number of hydrogen-bond donors (Lipinski definition) is 1. The zero-order valence-electron chi connectivity index (χ0n) is 19.5. The number of pyridine rings is 1. The van der Waals surface area contributed by atoms with E-state index in [-0.39, 0.29) is 19.7 Å². The van der Waals surface area contributed by atoms with E-state index >= 15 is 0 Å². The van der Waals surface area contributed by atoms with Crippen molar-refractivity contribution in [1.29, 1.82) is 0 Å². The smallest absolute Gasteiger partial charge is 0.325 e. The first-order chi connectivity index (χ1) is 17.3. The molecule has 1 spiro atoms. The molecule has 10 nitrogen and oxygen atoms in total. The molecule has 4 heterocycles. The number of imide groups is 1. The van der Waals surface area contributed by atoms with Gasteiger partial charge < -0.3 is 15.0 Å². The van der Waals surface area contributed by atoms with Crippen LogP contribution in [0.5, 0.6) is 5.75 Å². The minimum atomic E-state index is -1.23. The summed E-state index contributed by atoms with van der Waals surface area (Å²) in [5.41, 5.74) is 2.29. The molecular formula is C25H23FN6O4. The highest BCUT2D eigenvalue weighted by molar-refractivity contribution is 6.09. The van der Waals surface area contributed by atoms with Gasteiger partial charge in [0.2, 0.25) is 5.91 Å². The van der Waals surface area contributed by atoms with Crippen molar-refractivity contribution < 1.29 is 23.5 Å². The number of hydrogen-bond acceptors (Lipinski definition) is 6. The van der Waals surface area contributed by atoms with Crippen LogP contribution in [0.2, 0.25) is 0 Å². The van der Waals surface area contributed by atoms with Crippen LogP contribution < -0.4 is 10.1 Å². The minimum Gasteiger partial charge on any atom is -0.491 e. The molecule has 1 aromatic carbocycles. The molecule has 4 amide bonds. The Morgan fingerprint density at radius 3 is 2.92 bits per heavy atom. The number of ether oxygens (including phenoxy) is 1. The average Bonchev–Trinajstić information content (AvgIpc) is 3.46. The molecule has 2 aromatic heterocycles. The van der Waals surface area contributed by atoms with Crippen LogP contribution in [0.3, 0.4) is 0 Å². The molecule has 11 heteroatoms. The Bertz CT molecular complexity index is 1420. The summed E-state index contributed by atoms with van der Waals surface area (Å²) in [7, 11) is 1.82. The number of nitrogens with zero attached hydrogens (tertiary/aromatic N) is 5. The predicted molar refractivity (Wildman–Crippen MR) is 124 cm³/mol. The number of nitrogens with one attached hydrogen (secondary N) is 1. The molecule has 36 heavy (non-hydrogen) atoms. The highest BCUT2D eigenvalue weighted by Crippen LogP contribution is 2.41. The maximum absolute atomic E-state index is 13.7. The van der Waals surface area contributed by atoms with Gasteiger partial charge in [-0.3, -0.25) is 24.2 Å². The third-order valence-electron chi connectivity index (χ3n) is 7.00. The van der Waals surface area contributed by atoms with Gasteiger partial charge in [-0.05, 0) is 37.1 Å². The highest BCUT2D eigenvalue weighted by Gasteiger charge is 2.56. The van der Waals surface area contributed by atoms with E-state index in [0.717, 1.165) is 21.9 Å². The first-order valence-corrected chi connectivity index (χ1v) is 11.7. The van der Waals surface area contributed by atoms with Crippen LogP contribution in [-0.4, -0.2) is 62.1 Å². The molecule has 1 unspecified atom stereocenters. The molecule has 1 N–H and O–H groups in total. The number of benzene rings is 1. The summed E-state index contributed by atoms with van der Waals surface area (Å²) in [6, 6.07) is 7.17. The van der Waals surface area contributed by atoms with Crippen LogP contribution in [0.15, 0.2) is 42.7 Å². The monoisotopic (exact) mass is 490 g/mol. The Labute approximate surface area is 205 Å². The first kappa shape index (κ1) is 22.2. The third-order valence-corrected chi connectivity index (χ3v) is 7.00. The van der Waals surface area contributed by atoms with Gasteiger partial charge in [0, 0.05) is 42.2 Å². The van der Waals surface area contributed by atoms with Gasteiger partial charge in [0.05, 0.1) is 18.4 Å². The molecule has 2 aliphatic heterocycles. The number of urea groups is 1. The second-order valence-electron chi connectivity index (χ2n) is 9.24. The van der Waals surface area contributed by atoms with Crippen LogP contribution in [0.4, 0.5) is 9.18 Å². The molecule has 3 aliphatic rings. The molecule has 1 saturated heterocycles. The molecular weight excluding hydrogens is 467 g/mol. The predicted octanol–water partition coefficient (Wildman–Crippen LogP) is 1.74. The van der Waals surface area contributed by atoms with Gasteiger partial charge in [-0.15, -0.1) is 0 Å². The van der Waals surface area contributed by atoms with E-state index in [1.807, 2.05) is 25.4 Å². The summed E-state index contributed by atoms with van der Waals surface area (Å²) in [4.78, 5) is 46.7. The zero-order chi connectivity index (χ0) is 25.0. The van der Waals surface area contributed by atoms with Gasteiger partial charge in [-0.1, -0.05) is 6.07 Å². The third kappa shape index (κ3) is 3.50. The van der Waals surface area contributed by atoms with E-state index in [0.29, 0.717) is 29.7 Å². The standard InChI is InChI=1S/C25H23FN6O4/c1-30-12-16(11-27-30)19-4-3-18-20(28-19)6-7-25(18)23(34)32(24(35)29-25)14-22(33)31-8-9-36-21-5-2-17(26)10-15(21)13-31/h2-5,10-12H,6-9,13-14H2,1H3,(H,29,35). The van der Waals surface area contributed by atoms with E-state index in [1.165, 1.54) is 23.1 Å². The second kappa shape index (κ2) is 8.14. The van der Waals surface area contributed by atoms with Gasteiger partial charge in [0.15, 0.2) is 0 Å². The fourth-order valence-corrected chi connectivity index (χ4v) is 5.17. The summed E-state index contributed by atoms with van der Waals surface area (Å²) < 4.78 is 21.0. The Balaban J connectivity index is 1.22.